The van der Waals surface area contributed by atoms with Gasteiger partial charge in [-0.15, -0.1) is 11.3 Å². The van der Waals surface area contributed by atoms with Crippen LogP contribution in [0.25, 0.3) is 6.08 Å². The summed E-state index contributed by atoms with van der Waals surface area (Å²) >= 11 is 1.58. The fourth-order valence-electron chi connectivity index (χ4n) is 2.65. The number of nitrogens with one attached hydrogen (secondary N) is 1. The van der Waals surface area contributed by atoms with Gasteiger partial charge in [0.25, 0.3) is 0 Å². The van der Waals surface area contributed by atoms with E-state index in [1.54, 1.807) is 22.3 Å². The molecule has 0 saturated carbocycles. The fraction of sp³-hybridized carbons (Fsp3) is 0.222. The van der Waals surface area contributed by atoms with Gasteiger partial charge in [0.15, 0.2) is 0 Å². The lowest BCUT2D eigenvalue weighted by atomic mass is 9.99. The molecule has 0 atom stereocenters. The molecule has 24 heavy (non-hydrogen) atoms. The first-order valence-corrected chi connectivity index (χ1v) is 8.51. The summed E-state index contributed by atoms with van der Waals surface area (Å²) in [6.07, 6.45) is 3.77. The van der Waals surface area contributed by atoms with E-state index in [0.717, 1.165) is 22.5 Å². The number of benzene rings is 1. The molecule has 2 heterocycles. The molecule has 0 unspecified atom stereocenters. The molecule has 1 aromatic heterocycles. The molecular weight excluding hydrogens is 324 g/mol. The highest BCUT2D eigenvalue weighted by Crippen LogP contribution is 2.23. The molecule has 0 saturated heterocycles. The maximum absolute atomic E-state index is 12.0. The van der Waals surface area contributed by atoms with Crippen molar-refractivity contribution in [2.24, 2.45) is 0 Å². The van der Waals surface area contributed by atoms with E-state index in [9.17, 15) is 9.59 Å². The minimum atomic E-state index is -0.325. The lowest BCUT2D eigenvalue weighted by molar-refractivity contribution is -0.111. The molecule has 0 radical (unpaired) electrons. The Hall–Kier alpha value is -2.60. The minimum Gasteiger partial charge on any atom is -0.453 e. The van der Waals surface area contributed by atoms with E-state index in [1.165, 1.54) is 18.7 Å². The number of carbonyl (C=O) groups excluding carboxylic acids is 2. The second-order valence-corrected chi connectivity index (χ2v) is 6.44. The van der Waals surface area contributed by atoms with Crippen molar-refractivity contribution >= 4 is 35.1 Å². The Morgan fingerprint density at radius 3 is 2.92 bits per heavy atom. The van der Waals surface area contributed by atoms with Crippen molar-refractivity contribution in [1.82, 2.24) is 4.90 Å². The van der Waals surface area contributed by atoms with Crippen LogP contribution in [0.5, 0.6) is 0 Å². The number of nitrogens with zero attached hydrogens (tertiary/aromatic N) is 1. The van der Waals surface area contributed by atoms with Gasteiger partial charge in [-0.25, -0.2) is 4.79 Å². The van der Waals surface area contributed by atoms with Gasteiger partial charge < -0.3 is 15.0 Å². The Kier molecular flexibility index (Phi) is 4.96. The minimum absolute atomic E-state index is 0.177. The molecule has 1 aliphatic rings. The second-order valence-electron chi connectivity index (χ2n) is 5.46. The van der Waals surface area contributed by atoms with E-state index in [0.29, 0.717) is 13.1 Å². The van der Waals surface area contributed by atoms with Gasteiger partial charge >= 0.3 is 6.09 Å². The van der Waals surface area contributed by atoms with E-state index in [2.05, 4.69) is 5.32 Å². The van der Waals surface area contributed by atoms with Gasteiger partial charge in [-0.2, -0.15) is 0 Å². The Labute approximate surface area is 144 Å². The normalized spacial score (nSPS) is 13.6. The Morgan fingerprint density at radius 2 is 2.17 bits per heavy atom. The summed E-state index contributed by atoms with van der Waals surface area (Å²) in [7, 11) is 1.38. The van der Waals surface area contributed by atoms with Gasteiger partial charge in [-0.05, 0) is 47.2 Å². The Balaban J connectivity index is 1.67. The maximum atomic E-state index is 12.0. The van der Waals surface area contributed by atoms with E-state index in [-0.39, 0.29) is 12.0 Å². The summed E-state index contributed by atoms with van der Waals surface area (Å²) in [6.45, 7) is 1.14. The van der Waals surface area contributed by atoms with E-state index >= 15 is 0 Å². The van der Waals surface area contributed by atoms with Crippen LogP contribution >= 0.6 is 11.3 Å². The molecule has 0 bridgehead atoms. The first-order chi connectivity index (χ1) is 11.7. The van der Waals surface area contributed by atoms with Crippen molar-refractivity contribution in [2.45, 2.75) is 13.0 Å². The largest absolute Gasteiger partial charge is 0.453 e. The van der Waals surface area contributed by atoms with Crippen LogP contribution in [0.4, 0.5) is 10.5 Å². The van der Waals surface area contributed by atoms with Crippen molar-refractivity contribution < 1.29 is 14.3 Å². The van der Waals surface area contributed by atoms with Crippen molar-refractivity contribution in [2.75, 3.05) is 19.0 Å². The number of amides is 2. The topological polar surface area (TPSA) is 58.6 Å². The predicted molar refractivity (Wildman–Crippen MR) is 94.9 cm³/mol. The highest BCUT2D eigenvalue weighted by atomic mass is 32.1. The summed E-state index contributed by atoms with van der Waals surface area (Å²) < 4.78 is 4.78. The number of rotatable bonds is 3. The summed E-state index contributed by atoms with van der Waals surface area (Å²) in [5.74, 6) is -0.177. The van der Waals surface area contributed by atoms with E-state index < -0.39 is 0 Å². The van der Waals surface area contributed by atoms with Gasteiger partial charge in [0, 0.05) is 29.7 Å². The number of carbonyl (C=O) groups is 2. The zero-order chi connectivity index (χ0) is 16.9. The lowest BCUT2D eigenvalue weighted by Gasteiger charge is -2.28. The summed E-state index contributed by atoms with van der Waals surface area (Å²) in [5, 5.41) is 4.82. The molecule has 0 fully saturated rings. The average molecular weight is 342 g/mol. The molecule has 6 heteroatoms. The molecular formula is C18H18N2O3S. The predicted octanol–water partition coefficient (Wildman–Crippen LogP) is 3.52. The third-order valence-electron chi connectivity index (χ3n) is 3.86. The number of anilines is 1. The highest BCUT2D eigenvalue weighted by molar-refractivity contribution is 7.10. The van der Waals surface area contributed by atoms with Gasteiger partial charge in [0.1, 0.15) is 0 Å². The number of thiophene rings is 1. The van der Waals surface area contributed by atoms with Crippen LogP contribution in [0.3, 0.4) is 0 Å². The van der Waals surface area contributed by atoms with Gasteiger partial charge in [-0.1, -0.05) is 12.1 Å². The van der Waals surface area contributed by atoms with Crippen molar-refractivity contribution in [3.63, 3.8) is 0 Å². The van der Waals surface area contributed by atoms with Gasteiger partial charge in [-0.3, -0.25) is 4.79 Å². The maximum Gasteiger partial charge on any atom is 0.409 e. The van der Waals surface area contributed by atoms with Crippen molar-refractivity contribution in [1.29, 1.82) is 0 Å². The molecule has 5 nitrogen and oxygen atoms in total. The Bertz CT molecular complexity index is 769. The summed E-state index contributed by atoms with van der Waals surface area (Å²) in [4.78, 5) is 26.4. The highest BCUT2D eigenvalue weighted by Gasteiger charge is 2.21. The van der Waals surface area contributed by atoms with Crippen LogP contribution in [0, 0.1) is 0 Å². The van der Waals surface area contributed by atoms with Crippen LogP contribution in [-0.4, -0.2) is 30.6 Å². The van der Waals surface area contributed by atoms with E-state index in [1.807, 2.05) is 35.7 Å². The van der Waals surface area contributed by atoms with Crippen LogP contribution < -0.4 is 5.32 Å². The third kappa shape index (κ3) is 3.83. The molecule has 3 rings (SSSR count). The standard InChI is InChI=1S/C18H18N2O3S/c1-23-18(22)20-9-8-13-4-5-15(11-14(13)12-20)19-17(21)7-6-16-3-2-10-24-16/h2-7,10-11H,8-9,12H2,1H3,(H,19,21)/b7-6+. The molecule has 1 aromatic carbocycles. The first kappa shape index (κ1) is 16.3. The average Bonchev–Trinajstić information content (AvgIpc) is 3.12. The fourth-order valence-corrected chi connectivity index (χ4v) is 3.27. The molecule has 0 spiro atoms. The summed E-state index contributed by atoms with van der Waals surface area (Å²) in [6, 6.07) is 9.71. The number of fused-ring (bicyclic) bond motifs is 1. The first-order valence-electron chi connectivity index (χ1n) is 7.63. The molecule has 124 valence electrons. The molecule has 2 aromatic rings. The van der Waals surface area contributed by atoms with Crippen molar-refractivity contribution in [3.05, 3.63) is 57.8 Å². The lowest BCUT2D eigenvalue weighted by Crippen LogP contribution is -2.35. The smallest absolute Gasteiger partial charge is 0.409 e. The van der Waals surface area contributed by atoms with Gasteiger partial charge in [0.2, 0.25) is 5.91 Å². The van der Waals surface area contributed by atoms with Gasteiger partial charge in [0.05, 0.1) is 7.11 Å². The molecule has 1 aliphatic heterocycles. The number of hydrogen-bond acceptors (Lipinski definition) is 4. The number of methoxy groups -OCH3 is 1. The molecule has 1 N–H and O–H groups in total. The van der Waals surface area contributed by atoms with Crippen LogP contribution in [0.15, 0.2) is 41.8 Å². The SMILES string of the molecule is COC(=O)N1CCc2ccc(NC(=O)/C=C/c3cccs3)cc2C1. The Morgan fingerprint density at radius 1 is 1.29 bits per heavy atom. The zero-order valence-corrected chi connectivity index (χ0v) is 14.1. The monoisotopic (exact) mass is 342 g/mol. The number of hydrogen-bond donors (Lipinski definition) is 1. The molecule has 0 aliphatic carbocycles. The van der Waals surface area contributed by atoms with E-state index in [4.69, 9.17) is 4.74 Å². The number of ether oxygens (including phenoxy) is 1. The van der Waals surface area contributed by atoms with Crippen LogP contribution in [0.1, 0.15) is 16.0 Å². The second kappa shape index (κ2) is 7.31. The zero-order valence-electron chi connectivity index (χ0n) is 13.3. The summed E-state index contributed by atoms with van der Waals surface area (Å²) in [5.41, 5.74) is 2.95. The third-order valence-corrected chi connectivity index (χ3v) is 4.70. The van der Waals surface area contributed by atoms with Crippen LogP contribution in [-0.2, 0) is 22.5 Å². The molecule has 2 amide bonds. The van der Waals surface area contributed by atoms with Crippen molar-refractivity contribution in [3.8, 4) is 0 Å². The quantitative estimate of drug-likeness (QED) is 0.868. The van der Waals surface area contributed by atoms with Crippen LogP contribution in [0.2, 0.25) is 0 Å².